The third-order valence-electron chi connectivity index (χ3n) is 3.77. The fraction of sp³-hybridized carbons (Fsp3) is 0.0556. The Bertz CT molecular complexity index is 1010. The fourth-order valence-electron chi connectivity index (χ4n) is 2.51. The summed E-state index contributed by atoms with van der Waals surface area (Å²) in [6.07, 6.45) is 1.38. The molecule has 0 atom stereocenters. The van der Waals surface area contributed by atoms with Gasteiger partial charge in [0.05, 0.1) is 22.8 Å². The quantitative estimate of drug-likeness (QED) is 0.433. The molecule has 2 aromatic rings. The topological polar surface area (TPSA) is 58.6 Å². The van der Waals surface area contributed by atoms with Crippen LogP contribution in [-0.2, 0) is 9.59 Å². The second-order valence-corrected chi connectivity index (χ2v) is 7.03. The third-order valence-corrected chi connectivity index (χ3v) is 5.09. The van der Waals surface area contributed by atoms with Gasteiger partial charge >= 0.3 is 0 Å². The highest BCUT2D eigenvalue weighted by molar-refractivity contribution is 7.80. The van der Waals surface area contributed by atoms with Gasteiger partial charge in [-0.2, -0.15) is 0 Å². The maximum atomic E-state index is 13.0. The molecule has 0 aromatic heterocycles. The van der Waals surface area contributed by atoms with Gasteiger partial charge < -0.3 is 4.74 Å². The Labute approximate surface area is 175 Å². The summed E-state index contributed by atoms with van der Waals surface area (Å²) < 4.78 is 5.26. The monoisotopic (exact) mass is 440 g/mol. The van der Waals surface area contributed by atoms with Gasteiger partial charge in [-0.3, -0.25) is 19.8 Å². The third kappa shape index (κ3) is 3.80. The van der Waals surface area contributed by atoms with Crippen LogP contribution in [0, 0.1) is 0 Å². The number of benzene rings is 2. The second kappa shape index (κ2) is 7.86. The normalized spacial score (nSPS) is 15.9. The smallest absolute Gasteiger partial charge is 0.270 e. The van der Waals surface area contributed by atoms with Gasteiger partial charge in [0.1, 0.15) is 11.3 Å². The highest BCUT2D eigenvalue weighted by atomic mass is 35.5. The molecule has 0 unspecified atom stereocenters. The zero-order valence-corrected chi connectivity index (χ0v) is 16.8. The molecule has 0 bridgehead atoms. The Morgan fingerprint density at radius 3 is 2.59 bits per heavy atom. The Morgan fingerprint density at radius 2 is 1.89 bits per heavy atom. The molecular formula is C18H11Cl3N2O3S. The van der Waals surface area contributed by atoms with Crippen molar-refractivity contribution in [2.24, 2.45) is 0 Å². The van der Waals surface area contributed by atoms with E-state index in [4.69, 9.17) is 51.8 Å². The van der Waals surface area contributed by atoms with Crippen LogP contribution in [0.4, 0.5) is 5.69 Å². The Kier molecular flexibility index (Phi) is 5.72. The van der Waals surface area contributed by atoms with Crippen LogP contribution in [0.2, 0.25) is 15.1 Å². The SMILES string of the molecule is COc1ccc(Cl)cc1/C=C1\C(=O)NC(=S)N(c2cccc(Cl)c2Cl)C1=O. The number of rotatable bonds is 3. The second-order valence-electron chi connectivity index (χ2n) is 5.42. The number of anilines is 1. The van der Waals surface area contributed by atoms with E-state index in [-0.39, 0.29) is 26.4 Å². The Balaban J connectivity index is 2.11. The molecule has 1 heterocycles. The molecule has 0 radical (unpaired) electrons. The first-order chi connectivity index (χ1) is 12.8. The summed E-state index contributed by atoms with van der Waals surface area (Å²) >= 11 is 23.4. The largest absolute Gasteiger partial charge is 0.496 e. The lowest BCUT2D eigenvalue weighted by molar-refractivity contribution is -0.122. The molecule has 1 aliphatic heterocycles. The van der Waals surface area contributed by atoms with Crippen LogP contribution >= 0.6 is 47.0 Å². The van der Waals surface area contributed by atoms with Gasteiger partial charge in [0, 0.05) is 10.6 Å². The molecule has 27 heavy (non-hydrogen) atoms. The van der Waals surface area contributed by atoms with Crippen molar-refractivity contribution in [1.82, 2.24) is 5.32 Å². The van der Waals surface area contributed by atoms with E-state index in [0.717, 1.165) is 4.90 Å². The van der Waals surface area contributed by atoms with E-state index in [2.05, 4.69) is 5.32 Å². The van der Waals surface area contributed by atoms with Gasteiger partial charge in [0.2, 0.25) is 0 Å². The number of carbonyl (C=O) groups is 2. The average Bonchev–Trinajstić information content (AvgIpc) is 2.62. The molecule has 0 aliphatic carbocycles. The summed E-state index contributed by atoms with van der Waals surface area (Å²) in [6, 6.07) is 9.63. The molecule has 2 aromatic carbocycles. The van der Waals surface area contributed by atoms with Crippen molar-refractivity contribution in [3.05, 3.63) is 62.6 Å². The molecule has 5 nitrogen and oxygen atoms in total. The summed E-state index contributed by atoms with van der Waals surface area (Å²) in [4.78, 5) is 26.5. The number of hydrogen-bond acceptors (Lipinski definition) is 4. The van der Waals surface area contributed by atoms with Crippen molar-refractivity contribution in [1.29, 1.82) is 0 Å². The number of methoxy groups -OCH3 is 1. The number of amides is 2. The number of halogens is 3. The Morgan fingerprint density at radius 1 is 1.15 bits per heavy atom. The molecule has 138 valence electrons. The van der Waals surface area contributed by atoms with E-state index in [1.165, 1.54) is 13.2 Å². The van der Waals surface area contributed by atoms with Gasteiger partial charge in [0.15, 0.2) is 5.11 Å². The minimum Gasteiger partial charge on any atom is -0.496 e. The van der Waals surface area contributed by atoms with Crippen molar-refractivity contribution in [2.75, 3.05) is 12.0 Å². The van der Waals surface area contributed by atoms with Crippen LogP contribution in [0.1, 0.15) is 5.56 Å². The molecule has 0 spiro atoms. The highest BCUT2D eigenvalue weighted by Crippen LogP contribution is 2.35. The number of nitrogens with zero attached hydrogens (tertiary/aromatic N) is 1. The number of nitrogens with one attached hydrogen (secondary N) is 1. The van der Waals surface area contributed by atoms with Gasteiger partial charge in [-0.25, -0.2) is 0 Å². The molecule has 1 fully saturated rings. The van der Waals surface area contributed by atoms with Gasteiger partial charge in [-0.05, 0) is 48.6 Å². The first-order valence-corrected chi connectivity index (χ1v) is 9.06. The van der Waals surface area contributed by atoms with E-state index >= 15 is 0 Å². The van der Waals surface area contributed by atoms with Gasteiger partial charge in [-0.1, -0.05) is 40.9 Å². The minimum atomic E-state index is -0.644. The van der Waals surface area contributed by atoms with Gasteiger partial charge in [-0.15, -0.1) is 0 Å². The Hall–Kier alpha value is -2.12. The molecular weight excluding hydrogens is 431 g/mol. The van der Waals surface area contributed by atoms with Crippen LogP contribution in [0.25, 0.3) is 6.08 Å². The first-order valence-electron chi connectivity index (χ1n) is 7.52. The fourth-order valence-corrected chi connectivity index (χ4v) is 3.35. The summed E-state index contributed by atoms with van der Waals surface area (Å²) in [7, 11) is 1.47. The predicted octanol–water partition coefficient (Wildman–Crippen LogP) is 4.49. The van der Waals surface area contributed by atoms with Gasteiger partial charge in [0.25, 0.3) is 11.8 Å². The zero-order valence-electron chi connectivity index (χ0n) is 13.8. The maximum absolute atomic E-state index is 13.0. The summed E-state index contributed by atoms with van der Waals surface area (Å²) in [6.45, 7) is 0. The number of thiocarbonyl (C=S) groups is 1. The van der Waals surface area contributed by atoms with E-state index in [9.17, 15) is 9.59 Å². The zero-order chi connectivity index (χ0) is 19.7. The molecule has 3 rings (SSSR count). The molecule has 1 N–H and O–H groups in total. The van der Waals surface area contributed by atoms with Crippen molar-refractivity contribution in [3.8, 4) is 5.75 Å². The van der Waals surface area contributed by atoms with Crippen LogP contribution in [0.3, 0.4) is 0 Å². The van der Waals surface area contributed by atoms with Crippen molar-refractivity contribution < 1.29 is 14.3 Å². The summed E-state index contributed by atoms with van der Waals surface area (Å²) in [5, 5.41) is 3.21. The highest BCUT2D eigenvalue weighted by Gasteiger charge is 2.35. The standard InChI is InChI=1S/C18H11Cl3N2O3S/c1-26-14-6-5-10(19)7-9(14)8-11-16(24)22-18(27)23(17(11)25)13-4-2-3-12(20)15(13)21/h2-8H,1H3,(H,22,24,27)/b11-8+. The van der Waals surface area contributed by atoms with Crippen molar-refractivity contribution in [2.45, 2.75) is 0 Å². The van der Waals surface area contributed by atoms with E-state index in [1.807, 2.05) is 0 Å². The van der Waals surface area contributed by atoms with Crippen molar-refractivity contribution >= 4 is 75.7 Å². The maximum Gasteiger partial charge on any atom is 0.270 e. The molecule has 2 amide bonds. The predicted molar refractivity (Wildman–Crippen MR) is 111 cm³/mol. The number of carbonyl (C=O) groups excluding carboxylic acids is 2. The lowest BCUT2D eigenvalue weighted by Gasteiger charge is -2.29. The van der Waals surface area contributed by atoms with E-state index in [1.54, 1.807) is 36.4 Å². The lowest BCUT2D eigenvalue weighted by atomic mass is 10.1. The molecule has 0 saturated carbocycles. The molecule has 9 heteroatoms. The summed E-state index contributed by atoms with van der Waals surface area (Å²) in [5.74, 6) is -0.829. The van der Waals surface area contributed by atoms with Crippen LogP contribution < -0.4 is 15.0 Å². The van der Waals surface area contributed by atoms with Crippen LogP contribution in [-0.4, -0.2) is 24.0 Å². The van der Waals surface area contributed by atoms with Crippen LogP contribution in [0.5, 0.6) is 5.75 Å². The molecule has 1 saturated heterocycles. The summed E-state index contributed by atoms with van der Waals surface area (Å²) in [5.41, 5.74) is 0.580. The number of ether oxygens (including phenoxy) is 1. The number of hydrogen-bond donors (Lipinski definition) is 1. The van der Waals surface area contributed by atoms with Crippen LogP contribution in [0.15, 0.2) is 42.0 Å². The first kappa shape index (κ1) is 19.6. The van der Waals surface area contributed by atoms with E-state index in [0.29, 0.717) is 16.3 Å². The van der Waals surface area contributed by atoms with Crippen molar-refractivity contribution in [3.63, 3.8) is 0 Å². The average molecular weight is 442 g/mol. The molecule has 1 aliphatic rings. The lowest BCUT2D eigenvalue weighted by Crippen LogP contribution is -2.54. The minimum absolute atomic E-state index is 0.0932. The van der Waals surface area contributed by atoms with E-state index < -0.39 is 11.8 Å².